The second kappa shape index (κ2) is 18.7. The summed E-state index contributed by atoms with van der Waals surface area (Å²) in [5.41, 5.74) is 2.87. The number of ether oxygens (including phenoxy) is 5. The Kier molecular flexibility index (Phi) is 13.4. The van der Waals surface area contributed by atoms with Crippen LogP contribution in [0.3, 0.4) is 0 Å². The van der Waals surface area contributed by atoms with Crippen LogP contribution in [0.4, 0.5) is 5.82 Å². The van der Waals surface area contributed by atoms with E-state index in [4.69, 9.17) is 28.1 Å². The van der Waals surface area contributed by atoms with Crippen molar-refractivity contribution >= 4 is 31.2 Å². The molecule has 0 radical (unpaired) electrons. The van der Waals surface area contributed by atoms with Crippen LogP contribution in [-0.2, 0) is 24.2 Å². The lowest BCUT2D eigenvalue weighted by molar-refractivity contribution is -0.258. The second-order valence-corrected chi connectivity index (χ2v) is 22.0. The summed E-state index contributed by atoms with van der Waals surface area (Å²) in [6.07, 6.45) is 2.39. The molecule has 2 aromatic heterocycles. The highest BCUT2D eigenvalue weighted by Crippen LogP contribution is 2.46. The number of carbonyl (C=O) groups is 1. The zero-order valence-electron chi connectivity index (χ0n) is 36.3. The number of benzene rings is 4. The molecule has 13 heteroatoms. The maximum atomic E-state index is 13.2. The lowest BCUT2D eigenvalue weighted by Gasteiger charge is -2.48. The molecule has 7 rings (SSSR count). The quantitative estimate of drug-likeness (QED) is 0.0701. The van der Waals surface area contributed by atoms with Crippen LogP contribution in [0, 0.1) is 0 Å². The Balaban J connectivity index is 1.32. The number of aromatic nitrogens is 4. The summed E-state index contributed by atoms with van der Waals surface area (Å²) in [5.74, 6) is 1.45. The molecule has 1 aliphatic heterocycles. The maximum absolute atomic E-state index is 13.2. The van der Waals surface area contributed by atoms with Gasteiger partial charge in [-0.15, -0.1) is 0 Å². The Morgan fingerprint density at radius 1 is 0.770 bits per heavy atom. The largest absolute Gasteiger partial charge is 0.497 e. The van der Waals surface area contributed by atoms with Crippen LogP contribution in [-0.4, -0.2) is 80.0 Å². The highest BCUT2D eigenvalue weighted by Gasteiger charge is 2.50. The average molecular weight is 844 g/mol. The molecule has 0 aliphatic carbocycles. The summed E-state index contributed by atoms with van der Waals surface area (Å²) >= 11 is 0. The van der Waals surface area contributed by atoms with Gasteiger partial charge < -0.3 is 33.4 Å². The van der Waals surface area contributed by atoms with Crippen molar-refractivity contribution in [3.63, 3.8) is 0 Å². The van der Waals surface area contributed by atoms with Crippen LogP contribution < -0.4 is 14.8 Å². The summed E-state index contributed by atoms with van der Waals surface area (Å²) in [6, 6.07) is 35.1. The van der Waals surface area contributed by atoms with E-state index in [-0.39, 0.29) is 32.3 Å². The van der Waals surface area contributed by atoms with E-state index in [0.29, 0.717) is 39.2 Å². The first-order chi connectivity index (χ1) is 29.5. The predicted molar refractivity (Wildman–Crippen MR) is 239 cm³/mol. The molecule has 2 atom stereocenters. The van der Waals surface area contributed by atoms with Crippen LogP contribution >= 0.6 is 0 Å². The summed E-state index contributed by atoms with van der Waals surface area (Å²) in [4.78, 5) is 26.9. The minimum Gasteiger partial charge on any atom is -0.497 e. The van der Waals surface area contributed by atoms with Crippen molar-refractivity contribution in [3.05, 3.63) is 144 Å². The molecular weight excluding hydrogens is 787 g/mol. The first-order valence-corrected chi connectivity index (χ1v) is 23.0. The van der Waals surface area contributed by atoms with Crippen LogP contribution in [0.1, 0.15) is 74.8 Å². The minimum atomic E-state index is -2.43. The fourth-order valence-corrected chi connectivity index (χ4v) is 14.5. The lowest BCUT2D eigenvalue weighted by atomic mass is 9.79. The molecule has 0 bridgehead atoms. The number of anilines is 1. The Labute approximate surface area is 359 Å². The fourth-order valence-electron chi connectivity index (χ4n) is 9.03. The van der Waals surface area contributed by atoms with E-state index in [9.17, 15) is 4.79 Å². The van der Waals surface area contributed by atoms with Gasteiger partial charge in [0.2, 0.25) is 0 Å². The highest BCUT2D eigenvalue weighted by molar-refractivity contribution is 6.77. The van der Waals surface area contributed by atoms with E-state index < -0.39 is 25.7 Å². The first-order valence-electron chi connectivity index (χ1n) is 20.9. The van der Waals surface area contributed by atoms with Crippen molar-refractivity contribution in [1.82, 2.24) is 19.5 Å². The molecular formula is C48H57N5O7Si. The van der Waals surface area contributed by atoms with Gasteiger partial charge in [-0.2, -0.15) is 0 Å². The molecule has 0 spiro atoms. The summed E-state index contributed by atoms with van der Waals surface area (Å²) in [7, 11) is 0.889. The van der Waals surface area contributed by atoms with Crippen LogP contribution in [0.2, 0.25) is 16.6 Å². The Bertz CT molecular complexity index is 2290. The normalized spacial score (nSPS) is 17.3. The molecule has 0 saturated carbocycles. The topological polar surface area (TPSA) is 128 Å². The number of nitrogens with one attached hydrogen (secondary N) is 1. The van der Waals surface area contributed by atoms with Gasteiger partial charge in [0.05, 0.1) is 47.0 Å². The molecule has 1 saturated heterocycles. The molecule has 1 amide bonds. The molecule has 0 unspecified atom stereocenters. The second-order valence-electron chi connectivity index (χ2n) is 16.5. The molecule has 61 heavy (non-hydrogen) atoms. The van der Waals surface area contributed by atoms with E-state index in [1.165, 1.54) is 6.33 Å². The van der Waals surface area contributed by atoms with Crippen molar-refractivity contribution in [2.75, 3.05) is 46.0 Å². The summed E-state index contributed by atoms with van der Waals surface area (Å²) in [6.45, 7) is 14.4. The van der Waals surface area contributed by atoms with Crippen molar-refractivity contribution in [1.29, 1.82) is 0 Å². The van der Waals surface area contributed by atoms with Gasteiger partial charge in [0.1, 0.15) is 29.0 Å². The number of nitrogens with zero attached hydrogens (tertiary/aromatic N) is 4. The van der Waals surface area contributed by atoms with E-state index in [1.54, 1.807) is 32.7 Å². The van der Waals surface area contributed by atoms with E-state index in [1.807, 2.05) is 89.5 Å². The van der Waals surface area contributed by atoms with Crippen LogP contribution in [0.5, 0.6) is 11.5 Å². The number of hydrogen-bond donors (Lipinski definition) is 1. The molecule has 12 nitrogen and oxygen atoms in total. The SMILES string of the molecule is COc1ccc(C(OC[C@]2(CO[Si](C(C)C)(C(C)C)C(C)C)COC[C@H](n3cnc4c(NC(=O)c5ccccc5)ncnc43)O2)(c2ccccc2)c2ccc(OC)cc2)cc1. The standard InChI is InChI=1S/C48H57N5O7Si/c1-33(2)61(34(3)4,35(5)6)59-30-47(28-57-27-42(60-47)53-32-51-43-44(49-31-50-45(43)53)52-46(54)36-15-11-9-12-16-36)29-58-48(37-17-13-10-14-18-37,38-19-23-40(55-7)24-20-38)39-21-25-41(56-8)26-22-39/h9-26,31-35,42H,27-30H2,1-8H3,(H,49,50,52,54)/t42-,47+/m1/s1. The zero-order chi connectivity index (χ0) is 43.2. The first kappa shape index (κ1) is 43.6. The van der Waals surface area contributed by atoms with Gasteiger partial charge >= 0.3 is 0 Å². The monoisotopic (exact) mass is 843 g/mol. The molecule has 3 heterocycles. The van der Waals surface area contributed by atoms with Crippen LogP contribution in [0.25, 0.3) is 11.2 Å². The third-order valence-electron chi connectivity index (χ3n) is 12.0. The summed E-state index contributed by atoms with van der Waals surface area (Å²) < 4.78 is 41.8. The van der Waals surface area contributed by atoms with E-state index in [0.717, 1.165) is 28.2 Å². The predicted octanol–water partition coefficient (Wildman–Crippen LogP) is 9.58. The zero-order valence-corrected chi connectivity index (χ0v) is 37.3. The summed E-state index contributed by atoms with van der Waals surface area (Å²) in [5, 5.41) is 2.91. The van der Waals surface area contributed by atoms with Gasteiger partial charge in [0.25, 0.3) is 5.91 Å². The molecule has 1 fully saturated rings. The molecule has 1 N–H and O–H groups in total. The van der Waals surface area contributed by atoms with E-state index in [2.05, 4.69) is 73.9 Å². The van der Waals surface area contributed by atoms with Gasteiger partial charge in [-0.05, 0) is 69.7 Å². The number of rotatable bonds is 17. The minimum absolute atomic E-state index is 0.0786. The average Bonchev–Trinajstić information content (AvgIpc) is 3.73. The highest BCUT2D eigenvalue weighted by atomic mass is 28.4. The third kappa shape index (κ3) is 8.71. The fraction of sp³-hybridized carbons (Fsp3) is 0.375. The number of methoxy groups -OCH3 is 2. The Hall–Kier alpha value is -5.44. The number of hydrogen-bond acceptors (Lipinski definition) is 10. The van der Waals surface area contributed by atoms with E-state index >= 15 is 0 Å². The number of imidazole rings is 1. The molecule has 6 aromatic rings. The van der Waals surface area contributed by atoms with Crippen molar-refractivity contribution in [3.8, 4) is 11.5 Å². The molecule has 320 valence electrons. The van der Waals surface area contributed by atoms with Crippen molar-refractivity contribution in [2.45, 2.75) is 75.6 Å². The molecule has 4 aromatic carbocycles. The Morgan fingerprint density at radius 3 is 1.89 bits per heavy atom. The third-order valence-corrected chi connectivity index (χ3v) is 18.0. The number of amides is 1. The maximum Gasteiger partial charge on any atom is 0.256 e. The van der Waals surface area contributed by atoms with Gasteiger partial charge in [-0.1, -0.05) is 114 Å². The van der Waals surface area contributed by atoms with Crippen molar-refractivity contribution in [2.24, 2.45) is 0 Å². The smallest absolute Gasteiger partial charge is 0.256 e. The number of carbonyl (C=O) groups excluding carboxylic acids is 1. The van der Waals surface area contributed by atoms with Gasteiger partial charge in [0.15, 0.2) is 31.5 Å². The van der Waals surface area contributed by atoms with Gasteiger partial charge in [-0.25, -0.2) is 15.0 Å². The number of fused-ring (bicyclic) bond motifs is 1. The van der Waals surface area contributed by atoms with Gasteiger partial charge in [0, 0.05) is 5.56 Å². The van der Waals surface area contributed by atoms with Gasteiger partial charge in [-0.3, -0.25) is 9.36 Å². The van der Waals surface area contributed by atoms with Crippen molar-refractivity contribution < 1.29 is 32.9 Å². The molecule has 1 aliphatic rings. The van der Waals surface area contributed by atoms with Crippen LogP contribution in [0.15, 0.2) is 122 Å². The Morgan fingerprint density at radius 2 is 1.33 bits per heavy atom. The lowest BCUT2D eigenvalue weighted by Crippen LogP contribution is -2.58.